The van der Waals surface area contributed by atoms with Crippen molar-refractivity contribution < 1.29 is 17.4 Å². The molecular weight excluding hydrogens is 412 g/mol. The summed E-state index contributed by atoms with van der Waals surface area (Å²) in [4.78, 5) is 0. The molecule has 0 aromatic carbocycles. The Bertz CT molecular complexity index is 531. The van der Waals surface area contributed by atoms with Crippen LogP contribution in [0.2, 0.25) is 0 Å². The largest absolute Gasteiger partial charge is 3.00 e. The predicted octanol–water partition coefficient (Wildman–Crippen LogP) is 9.54. The van der Waals surface area contributed by atoms with Crippen LogP contribution >= 0.6 is 0 Å². The standard InChI is InChI=1S/3C10H17.Cr/c3*1-9(2)8-4-6-10(9,3)7-5-8;/h3*4-7H2,1-3H3;/q3*-1;+3. The molecule has 0 atom stereocenters. The second-order valence-electron chi connectivity index (χ2n) is 14.4. The molecule has 0 heterocycles. The first-order chi connectivity index (χ1) is 13.7. The Balaban J connectivity index is 0.000000130. The smallest absolute Gasteiger partial charge is 0.308 e. The number of rotatable bonds is 0. The van der Waals surface area contributed by atoms with Crippen LogP contribution in [0.1, 0.15) is 139 Å². The van der Waals surface area contributed by atoms with Crippen LogP contribution in [0.4, 0.5) is 0 Å². The van der Waals surface area contributed by atoms with E-state index in [0.29, 0.717) is 32.5 Å². The van der Waals surface area contributed by atoms with Gasteiger partial charge < -0.3 is 17.8 Å². The topological polar surface area (TPSA) is 0 Å². The molecule has 31 heavy (non-hydrogen) atoms. The summed E-state index contributed by atoms with van der Waals surface area (Å²) in [5.74, 6) is 5.53. The van der Waals surface area contributed by atoms with Crippen molar-refractivity contribution in [2.75, 3.05) is 0 Å². The molecule has 6 fully saturated rings. The first-order valence-electron chi connectivity index (χ1n) is 13.2. The maximum absolute atomic E-state index is 2.47. The van der Waals surface area contributed by atoms with E-state index in [0.717, 1.165) is 0 Å². The van der Waals surface area contributed by atoms with Gasteiger partial charge in [0, 0.05) is 0 Å². The monoisotopic (exact) mass is 463 g/mol. The van der Waals surface area contributed by atoms with Crippen molar-refractivity contribution in [3.8, 4) is 0 Å². The normalized spacial score (nSPS) is 34.0. The number of hydrogen-bond acceptors (Lipinski definition) is 0. The van der Waals surface area contributed by atoms with E-state index in [1.54, 1.807) is 0 Å². The van der Waals surface area contributed by atoms with Crippen LogP contribution in [0, 0.1) is 50.2 Å². The molecule has 0 nitrogen and oxygen atoms in total. The zero-order valence-corrected chi connectivity index (χ0v) is 23.7. The fraction of sp³-hybridized carbons (Fsp3) is 0.900. The summed E-state index contributed by atoms with van der Waals surface area (Å²) in [5.41, 5.74) is 3.74. The summed E-state index contributed by atoms with van der Waals surface area (Å²) >= 11 is 0. The van der Waals surface area contributed by atoms with Crippen molar-refractivity contribution in [2.24, 2.45) is 32.5 Å². The van der Waals surface area contributed by atoms with E-state index in [1.165, 1.54) is 77.0 Å². The molecule has 0 N–H and O–H groups in total. The maximum atomic E-state index is 2.47. The molecule has 177 valence electrons. The van der Waals surface area contributed by atoms with Gasteiger partial charge in [-0.25, -0.2) is 0 Å². The fourth-order valence-corrected chi connectivity index (χ4v) is 8.34. The van der Waals surface area contributed by atoms with E-state index < -0.39 is 0 Å². The second-order valence-corrected chi connectivity index (χ2v) is 14.4. The third-order valence-corrected chi connectivity index (χ3v) is 13.0. The molecule has 6 aliphatic carbocycles. The molecule has 0 aromatic heterocycles. The Kier molecular flexibility index (Phi) is 6.78. The number of fused-ring (bicyclic) bond motifs is 6. The van der Waals surface area contributed by atoms with Gasteiger partial charge in [-0.2, -0.15) is 54.8 Å². The van der Waals surface area contributed by atoms with Crippen molar-refractivity contribution in [1.82, 2.24) is 0 Å². The van der Waals surface area contributed by atoms with E-state index in [4.69, 9.17) is 0 Å². The molecule has 6 rings (SSSR count). The van der Waals surface area contributed by atoms with Gasteiger partial charge in [-0.05, 0) is 0 Å². The van der Waals surface area contributed by atoms with E-state index in [-0.39, 0.29) is 17.4 Å². The Hall–Kier alpha value is 0.532. The predicted molar refractivity (Wildman–Crippen MR) is 131 cm³/mol. The zero-order valence-electron chi connectivity index (χ0n) is 22.4. The Morgan fingerprint density at radius 1 is 0.355 bits per heavy atom. The average Bonchev–Trinajstić information content (AvgIpc) is 3.35. The fourth-order valence-electron chi connectivity index (χ4n) is 8.34. The molecule has 0 unspecified atom stereocenters. The summed E-state index contributed by atoms with van der Waals surface area (Å²) < 4.78 is 0. The molecule has 0 amide bonds. The molecule has 0 spiro atoms. The van der Waals surface area contributed by atoms with Crippen molar-refractivity contribution in [3.05, 3.63) is 17.8 Å². The molecule has 1 heteroatoms. The average molecular weight is 464 g/mol. The van der Waals surface area contributed by atoms with Crippen LogP contribution in [-0.2, 0) is 17.4 Å². The van der Waals surface area contributed by atoms with Gasteiger partial charge in [0.25, 0.3) is 0 Å². The van der Waals surface area contributed by atoms with Gasteiger partial charge in [-0.1, -0.05) is 117 Å². The molecule has 6 aliphatic rings. The second kappa shape index (κ2) is 8.05. The zero-order chi connectivity index (χ0) is 22.2. The van der Waals surface area contributed by atoms with Gasteiger partial charge in [0.15, 0.2) is 0 Å². The number of hydrogen-bond donors (Lipinski definition) is 0. The summed E-state index contributed by atoms with van der Waals surface area (Å²) in [6.07, 6.45) is 17.2. The molecule has 6 saturated carbocycles. The molecule has 0 aromatic rings. The minimum absolute atomic E-state index is 0. The van der Waals surface area contributed by atoms with E-state index in [9.17, 15) is 0 Å². The van der Waals surface area contributed by atoms with Gasteiger partial charge in [0.1, 0.15) is 0 Å². The molecule has 0 aliphatic heterocycles. The van der Waals surface area contributed by atoms with Crippen LogP contribution < -0.4 is 0 Å². The third-order valence-electron chi connectivity index (χ3n) is 13.0. The van der Waals surface area contributed by atoms with Crippen LogP contribution in [0.5, 0.6) is 0 Å². The van der Waals surface area contributed by atoms with Gasteiger partial charge >= 0.3 is 17.4 Å². The van der Waals surface area contributed by atoms with E-state index in [2.05, 4.69) is 62.3 Å². The quantitative estimate of drug-likeness (QED) is 0.314. The van der Waals surface area contributed by atoms with Crippen LogP contribution in [0.15, 0.2) is 0 Å². The Labute approximate surface area is 206 Å². The molecule has 1 radical (unpaired) electrons. The first-order valence-corrected chi connectivity index (χ1v) is 13.2. The van der Waals surface area contributed by atoms with Crippen molar-refractivity contribution >= 4 is 0 Å². The minimum atomic E-state index is 0. The van der Waals surface area contributed by atoms with E-state index >= 15 is 0 Å². The van der Waals surface area contributed by atoms with Crippen molar-refractivity contribution in [3.63, 3.8) is 0 Å². The van der Waals surface area contributed by atoms with Crippen LogP contribution in [-0.4, -0.2) is 0 Å². The summed E-state index contributed by atoms with van der Waals surface area (Å²) in [7, 11) is 0. The molecular formula is C30H51Cr. The van der Waals surface area contributed by atoms with E-state index in [1.807, 2.05) is 17.8 Å². The van der Waals surface area contributed by atoms with Gasteiger partial charge in [0.05, 0.1) is 0 Å². The van der Waals surface area contributed by atoms with Gasteiger partial charge in [0.2, 0.25) is 0 Å². The summed E-state index contributed by atoms with van der Waals surface area (Å²) in [6.45, 7) is 22.0. The van der Waals surface area contributed by atoms with Crippen LogP contribution in [0.3, 0.4) is 0 Å². The maximum Gasteiger partial charge on any atom is 3.00 e. The summed E-state index contributed by atoms with van der Waals surface area (Å²) in [5, 5.41) is 0. The molecule has 6 bridgehead atoms. The molecule has 0 saturated heterocycles. The van der Waals surface area contributed by atoms with Crippen LogP contribution in [0.25, 0.3) is 0 Å². The van der Waals surface area contributed by atoms with Crippen molar-refractivity contribution in [1.29, 1.82) is 0 Å². The summed E-state index contributed by atoms with van der Waals surface area (Å²) in [6, 6.07) is 0. The minimum Gasteiger partial charge on any atom is -0.308 e. The van der Waals surface area contributed by atoms with Gasteiger partial charge in [-0.3, -0.25) is 0 Å². The van der Waals surface area contributed by atoms with Crippen molar-refractivity contribution in [2.45, 2.75) is 139 Å². The SMILES string of the molecule is CC12CC[C-](CC1)C2(C)C.CC12CC[C-](CC1)C2(C)C.CC12CC[C-](CC1)C2(C)C.[Cr+3]. The Morgan fingerprint density at radius 3 is 0.548 bits per heavy atom. The third kappa shape index (κ3) is 3.74. The first kappa shape index (κ1) is 26.1. The Morgan fingerprint density at radius 2 is 0.516 bits per heavy atom. The van der Waals surface area contributed by atoms with Gasteiger partial charge in [-0.15, -0.1) is 0 Å².